The number of aryl methyl sites for hydroxylation is 1. The first-order valence-electron chi connectivity index (χ1n) is 10.3. The lowest BCUT2D eigenvalue weighted by Gasteiger charge is -2.38. The number of nitrogens with one attached hydrogen (secondary N) is 2. The normalized spacial score (nSPS) is 17.1. The molecule has 6 nitrogen and oxygen atoms in total. The Bertz CT molecular complexity index is 932. The number of hydrogen-bond donors (Lipinski definition) is 2. The average Bonchev–Trinajstić information content (AvgIpc) is 3.25. The first-order chi connectivity index (χ1) is 14.6. The minimum absolute atomic E-state index is 0. The van der Waals surface area contributed by atoms with E-state index in [0.29, 0.717) is 37.8 Å². The standard InChI is InChI=1S/C23H28FN3O3.HI/c1-16-3-4-17(11-19(16)24)13-26-22(25-2)27-14-23(7-9-28-10-8-23)18-5-6-20-21(12-18)30-15-29-20;/h3-6,11-12H,7-10,13-15H2,1-2H3,(H2,25,26,27);1H. The molecule has 0 bridgehead atoms. The van der Waals surface area contributed by atoms with Crippen molar-refractivity contribution in [3.8, 4) is 11.5 Å². The number of aliphatic imine (C=N–C) groups is 1. The van der Waals surface area contributed by atoms with Crippen molar-refractivity contribution in [3.63, 3.8) is 0 Å². The Kier molecular flexibility index (Phi) is 7.99. The molecule has 2 aliphatic heterocycles. The van der Waals surface area contributed by atoms with E-state index in [1.54, 1.807) is 26.1 Å². The molecule has 0 radical (unpaired) electrons. The van der Waals surface area contributed by atoms with Crippen molar-refractivity contribution in [2.24, 2.45) is 4.99 Å². The van der Waals surface area contributed by atoms with E-state index in [-0.39, 0.29) is 42.0 Å². The molecule has 0 aromatic heterocycles. The van der Waals surface area contributed by atoms with Gasteiger partial charge >= 0.3 is 0 Å². The Balaban J connectivity index is 0.00000272. The second-order valence-corrected chi connectivity index (χ2v) is 7.82. The van der Waals surface area contributed by atoms with Gasteiger partial charge < -0.3 is 24.8 Å². The summed E-state index contributed by atoms with van der Waals surface area (Å²) in [6.45, 7) is 4.66. The summed E-state index contributed by atoms with van der Waals surface area (Å²) >= 11 is 0. The summed E-state index contributed by atoms with van der Waals surface area (Å²) in [7, 11) is 1.74. The second-order valence-electron chi connectivity index (χ2n) is 7.82. The molecule has 0 spiro atoms. The fraction of sp³-hybridized carbons (Fsp3) is 0.435. The van der Waals surface area contributed by atoms with Crippen LogP contribution in [0.1, 0.15) is 29.5 Å². The van der Waals surface area contributed by atoms with Crippen LogP contribution in [0.5, 0.6) is 11.5 Å². The Morgan fingerprint density at radius 3 is 2.58 bits per heavy atom. The Morgan fingerprint density at radius 1 is 1.06 bits per heavy atom. The maximum atomic E-state index is 13.8. The van der Waals surface area contributed by atoms with Crippen LogP contribution in [-0.2, 0) is 16.7 Å². The van der Waals surface area contributed by atoms with E-state index in [0.717, 1.165) is 29.9 Å². The van der Waals surface area contributed by atoms with E-state index < -0.39 is 0 Å². The van der Waals surface area contributed by atoms with Gasteiger partial charge in [0, 0.05) is 38.8 Å². The van der Waals surface area contributed by atoms with Crippen LogP contribution in [0.3, 0.4) is 0 Å². The lowest BCUT2D eigenvalue weighted by Crippen LogP contribution is -2.47. The van der Waals surface area contributed by atoms with Gasteiger partial charge in [-0.25, -0.2) is 4.39 Å². The molecule has 0 atom stereocenters. The zero-order chi connectivity index (χ0) is 21.0. The highest BCUT2D eigenvalue weighted by atomic mass is 127. The maximum Gasteiger partial charge on any atom is 0.231 e. The first-order valence-corrected chi connectivity index (χ1v) is 10.3. The molecular formula is C23H29FIN3O3. The van der Waals surface area contributed by atoms with Crippen molar-refractivity contribution >= 4 is 29.9 Å². The number of fused-ring (bicyclic) bond motifs is 1. The number of halogens is 2. The van der Waals surface area contributed by atoms with Crippen LogP contribution in [-0.4, -0.2) is 39.6 Å². The predicted octanol–water partition coefficient (Wildman–Crippen LogP) is 3.89. The predicted molar refractivity (Wildman–Crippen MR) is 129 cm³/mol. The van der Waals surface area contributed by atoms with Crippen LogP contribution < -0.4 is 20.1 Å². The van der Waals surface area contributed by atoms with E-state index in [9.17, 15) is 4.39 Å². The zero-order valence-corrected chi connectivity index (χ0v) is 20.2. The summed E-state index contributed by atoms with van der Waals surface area (Å²) in [5, 5.41) is 6.74. The van der Waals surface area contributed by atoms with Crippen molar-refractivity contribution in [2.75, 3.05) is 33.6 Å². The molecule has 2 heterocycles. The van der Waals surface area contributed by atoms with Gasteiger partial charge in [-0.1, -0.05) is 18.2 Å². The van der Waals surface area contributed by atoms with Crippen LogP contribution in [0.2, 0.25) is 0 Å². The second kappa shape index (κ2) is 10.5. The third-order valence-electron chi connectivity index (χ3n) is 5.95. The molecular weight excluding hydrogens is 512 g/mol. The molecule has 4 rings (SSSR count). The third kappa shape index (κ3) is 5.41. The van der Waals surface area contributed by atoms with Gasteiger partial charge in [0.25, 0.3) is 0 Å². The van der Waals surface area contributed by atoms with Gasteiger partial charge in [0.1, 0.15) is 5.82 Å². The van der Waals surface area contributed by atoms with Crippen LogP contribution in [0.15, 0.2) is 41.4 Å². The minimum atomic E-state index is -0.193. The number of guanidine groups is 1. The van der Waals surface area contributed by atoms with Gasteiger partial charge in [-0.2, -0.15) is 0 Å². The molecule has 168 valence electrons. The van der Waals surface area contributed by atoms with Crippen LogP contribution >= 0.6 is 24.0 Å². The summed E-state index contributed by atoms with van der Waals surface area (Å²) in [6.07, 6.45) is 1.81. The fourth-order valence-corrected chi connectivity index (χ4v) is 3.96. The lowest BCUT2D eigenvalue weighted by molar-refractivity contribution is 0.0513. The van der Waals surface area contributed by atoms with Crippen molar-refractivity contribution in [2.45, 2.75) is 31.7 Å². The van der Waals surface area contributed by atoms with Crippen LogP contribution in [0.4, 0.5) is 4.39 Å². The van der Waals surface area contributed by atoms with E-state index >= 15 is 0 Å². The third-order valence-corrected chi connectivity index (χ3v) is 5.95. The van der Waals surface area contributed by atoms with E-state index in [2.05, 4.69) is 27.8 Å². The van der Waals surface area contributed by atoms with E-state index in [4.69, 9.17) is 14.2 Å². The fourth-order valence-electron chi connectivity index (χ4n) is 3.96. The van der Waals surface area contributed by atoms with Gasteiger partial charge in [-0.3, -0.25) is 4.99 Å². The SMILES string of the molecule is CN=C(NCc1ccc(C)c(F)c1)NCC1(c2ccc3c(c2)OCO3)CCOCC1.I. The number of ether oxygens (including phenoxy) is 3. The van der Waals surface area contributed by atoms with Crippen molar-refractivity contribution in [1.82, 2.24) is 10.6 Å². The number of rotatable bonds is 5. The lowest BCUT2D eigenvalue weighted by atomic mass is 9.74. The van der Waals surface area contributed by atoms with Crippen LogP contribution in [0, 0.1) is 12.7 Å². The molecule has 2 aliphatic rings. The Hall–Kier alpha value is -2.07. The summed E-state index contributed by atoms with van der Waals surface area (Å²) in [6, 6.07) is 11.5. The molecule has 2 aromatic carbocycles. The number of hydrogen-bond acceptors (Lipinski definition) is 4. The summed E-state index contributed by atoms with van der Waals surface area (Å²) in [5.74, 6) is 2.07. The largest absolute Gasteiger partial charge is 0.454 e. The monoisotopic (exact) mass is 541 g/mol. The Morgan fingerprint density at radius 2 is 1.84 bits per heavy atom. The van der Waals surface area contributed by atoms with Crippen molar-refractivity contribution in [1.29, 1.82) is 0 Å². The average molecular weight is 541 g/mol. The molecule has 31 heavy (non-hydrogen) atoms. The highest BCUT2D eigenvalue weighted by Crippen LogP contribution is 2.40. The van der Waals surface area contributed by atoms with Crippen molar-refractivity contribution in [3.05, 3.63) is 58.9 Å². The molecule has 0 aliphatic carbocycles. The number of benzene rings is 2. The Labute approximate surface area is 199 Å². The molecule has 0 amide bonds. The van der Waals surface area contributed by atoms with E-state index in [1.165, 1.54) is 5.56 Å². The number of nitrogens with zero attached hydrogens (tertiary/aromatic N) is 1. The maximum absolute atomic E-state index is 13.8. The zero-order valence-electron chi connectivity index (χ0n) is 17.9. The first kappa shape index (κ1) is 23.6. The van der Waals surface area contributed by atoms with Crippen LogP contribution in [0.25, 0.3) is 0 Å². The topological polar surface area (TPSA) is 64.1 Å². The quantitative estimate of drug-likeness (QED) is 0.342. The van der Waals surface area contributed by atoms with Crippen molar-refractivity contribution < 1.29 is 18.6 Å². The van der Waals surface area contributed by atoms with Gasteiger partial charge in [0.2, 0.25) is 6.79 Å². The summed E-state index contributed by atoms with van der Waals surface area (Å²) in [5.41, 5.74) is 2.63. The highest BCUT2D eigenvalue weighted by molar-refractivity contribution is 14.0. The minimum Gasteiger partial charge on any atom is -0.454 e. The molecule has 0 unspecified atom stereocenters. The van der Waals surface area contributed by atoms with Gasteiger partial charge in [0.05, 0.1) is 0 Å². The molecule has 0 saturated carbocycles. The molecule has 1 fully saturated rings. The summed E-state index contributed by atoms with van der Waals surface area (Å²) < 4.78 is 30.5. The van der Waals surface area contributed by atoms with Gasteiger partial charge in [-0.05, 0) is 54.7 Å². The summed E-state index contributed by atoms with van der Waals surface area (Å²) in [4.78, 5) is 4.33. The van der Waals surface area contributed by atoms with E-state index in [1.807, 2.05) is 12.1 Å². The van der Waals surface area contributed by atoms with Gasteiger partial charge in [0.15, 0.2) is 17.5 Å². The molecule has 2 N–H and O–H groups in total. The van der Waals surface area contributed by atoms with Gasteiger partial charge in [-0.15, -0.1) is 24.0 Å². The highest BCUT2D eigenvalue weighted by Gasteiger charge is 2.35. The molecule has 8 heteroatoms. The molecule has 2 aromatic rings. The smallest absolute Gasteiger partial charge is 0.231 e. The molecule has 1 saturated heterocycles.